The maximum atomic E-state index is 13.3. The highest BCUT2D eigenvalue weighted by atomic mass is 16.7. The second kappa shape index (κ2) is 8.67. The first-order chi connectivity index (χ1) is 15.4. The number of methoxy groups -OCH3 is 1. The number of esters is 2. The molecule has 3 fully saturated rings. The Kier molecular flexibility index (Phi) is 6.50. The molecule has 186 valence electrons. The molecule has 3 aliphatic carbocycles. The van der Waals surface area contributed by atoms with Crippen molar-refractivity contribution in [2.75, 3.05) is 13.9 Å². The van der Waals surface area contributed by atoms with Gasteiger partial charge in [-0.2, -0.15) is 0 Å². The summed E-state index contributed by atoms with van der Waals surface area (Å²) >= 11 is 0. The average molecular weight is 463 g/mol. The quantitative estimate of drug-likeness (QED) is 0.403. The smallest absolute Gasteiger partial charge is 0.314 e. The fraction of sp³-hybridized carbons (Fsp3) is 0.852. The molecule has 0 bridgehead atoms. The van der Waals surface area contributed by atoms with Crippen molar-refractivity contribution in [3.05, 3.63) is 11.3 Å². The highest BCUT2D eigenvalue weighted by Gasteiger charge is 2.60. The number of carbonyl (C=O) groups is 2. The second-order valence-corrected chi connectivity index (χ2v) is 12.3. The van der Waals surface area contributed by atoms with Crippen LogP contribution in [0, 0.1) is 34.5 Å². The van der Waals surface area contributed by atoms with Gasteiger partial charge in [0.25, 0.3) is 0 Å². The Hall–Kier alpha value is -1.40. The molecule has 0 spiro atoms. The van der Waals surface area contributed by atoms with Gasteiger partial charge in [-0.15, -0.1) is 0 Å². The van der Waals surface area contributed by atoms with E-state index in [1.807, 2.05) is 27.7 Å². The summed E-state index contributed by atoms with van der Waals surface area (Å²) in [5, 5.41) is 0. The van der Waals surface area contributed by atoms with Gasteiger partial charge in [-0.1, -0.05) is 20.8 Å². The number of ether oxygens (including phenoxy) is 4. The van der Waals surface area contributed by atoms with Gasteiger partial charge in [-0.05, 0) is 88.0 Å². The van der Waals surface area contributed by atoms with E-state index in [9.17, 15) is 9.59 Å². The van der Waals surface area contributed by atoms with E-state index < -0.39 is 5.60 Å². The predicted molar refractivity (Wildman–Crippen MR) is 124 cm³/mol. The van der Waals surface area contributed by atoms with Crippen LogP contribution >= 0.6 is 0 Å². The molecule has 0 N–H and O–H groups in total. The van der Waals surface area contributed by atoms with Gasteiger partial charge < -0.3 is 18.9 Å². The lowest BCUT2D eigenvalue weighted by Gasteiger charge is -2.54. The molecule has 0 amide bonds. The number of rotatable bonds is 5. The fourth-order valence-electron chi connectivity index (χ4n) is 7.35. The Morgan fingerprint density at radius 2 is 1.88 bits per heavy atom. The van der Waals surface area contributed by atoms with Crippen molar-refractivity contribution in [3.8, 4) is 0 Å². The zero-order chi connectivity index (χ0) is 24.2. The van der Waals surface area contributed by atoms with Crippen LogP contribution in [0.25, 0.3) is 0 Å². The largest absolute Gasteiger partial charge is 0.460 e. The summed E-state index contributed by atoms with van der Waals surface area (Å²) in [6.45, 7) is 12.6. The van der Waals surface area contributed by atoms with Gasteiger partial charge in [0.1, 0.15) is 18.2 Å². The molecule has 6 nitrogen and oxygen atoms in total. The fourth-order valence-corrected chi connectivity index (χ4v) is 7.35. The molecule has 1 aliphatic heterocycles. The van der Waals surface area contributed by atoms with E-state index in [1.54, 1.807) is 7.11 Å². The van der Waals surface area contributed by atoms with E-state index in [0.717, 1.165) is 44.3 Å². The molecule has 7 atom stereocenters. The third kappa shape index (κ3) is 4.27. The maximum absolute atomic E-state index is 13.3. The van der Waals surface area contributed by atoms with Crippen molar-refractivity contribution in [1.82, 2.24) is 0 Å². The molecule has 4 aliphatic rings. The zero-order valence-electron chi connectivity index (χ0n) is 21.5. The molecular weight excluding hydrogens is 420 g/mol. The molecule has 0 aromatic heterocycles. The molecule has 33 heavy (non-hydrogen) atoms. The van der Waals surface area contributed by atoms with Gasteiger partial charge in [0.15, 0.2) is 0 Å². The van der Waals surface area contributed by atoms with E-state index in [4.69, 9.17) is 18.9 Å². The van der Waals surface area contributed by atoms with Crippen LogP contribution in [0.2, 0.25) is 0 Å². The first-order valence-corrected chi connectivity index (χ1v) is 12.7. The first-order valence-electron chi connectivity index (χ1n) is 12.7. The summed E-state index contributed by atoms with van der Waals surface area (Å²) in [5.41, 5.74) is 0.577. The maximum Gasteiger partial charge on any atom is 0.314 e. The van der Waals surface area contributed by atoms with Crippen LogP contribution in [0.3, 0.4) is 0 Å². The molecule has 4 unspecified atom stereocenters. The Morgan fingerprint density at radius 1 is 1.15 bits per heavy atom. The lowest BCUT2D eigenvalue weighted by molar-refractivity contribution is -0.177. The van der Waals surface area contributed by atoms with Crippen LogP contribution in [0.15, 0.2) is 11.3 Å². The van der Waals surface area contributed by atoms with Crippen LogP contribution in [0.5, 0.6) is 0 Å². The molecule has 0 aromatic carbocycles. The van der Waals surface area contributed by atoms with Crippen molar-refractivity contribution in [1.29, 1.82) is 0 Å². The zero-order valence-corrected chi connectivity index (χ0v) is 21.5. The number of hydrogen-bond acceptors (Lipinski definition) is 6. The van der Waals surface area contributed by atoms with Gasteiger partial charge in [-0.25, -0.2) is 0 Å². The average Bonchev–Trinajstić information content (AvgIpc) is 3.08. The molecule has 0 radical (unpaired) electrons. The second-order valence-electron chi connectivity index (χ2n) is 12.3. The number of hydrogen-bond donors (Lipinski definition) is 0. The monoisotopic (exact) mass is 462 g/mol. The standard InChI is InChI=1S/C27H42O6/c1-16(23(28)33-25(2,3)4)18-8-9-19-22-20(11-13-26(18,19)5)27(6)12-10-17(31-15-30-7)14-21(27)24(29)32-22/h16-18,20-21H,8-15H2,1-7H3/t16-,17?,18?,20-,21+,26?,27?/m0/s1. The number of fused-ring (bicyclic) bond motifs is 4. The minimum absolute atomic E-state index is 0.0455. The SMILES string of the molecule is COCOC1CCC2(C)[C@H](C1)C(=O)OC1=C3CCC([C@H](C)C(=O)OC(C)(C)C)C3(C)CC[C@@H]12. The minimum Gasteiger partial charge on any atom is -0.460 e. The van der Waals surface area contributed by atoms with Crippen LogP contribution in [-0.4, -0.2) is 37.5 Å². The van der Waals surface area contributed by atoms with E-state index in [-0.39, 0.29) is 59.3 Å². The Morgan fingerprint density at radius 3 is 2.55 bits per heavy atom. The van der Waals surface area contributed by atoms with Crippen molar-refractivity contribution in [2.24, 2.45) is 34.5 Å². The predicted octanol–water partition coefficient (Wildman–Crippen LogP) is 5.40. The molecule has 1 heterocycles. The summed E-state index contributed by atoms with van der Waals surface area (Å²) in [7, 11) is 1.62. The third-order valence-electron chi connectivity index (χ3n) is 9.17. The highest BCUT2D eigenvalue weighted by molar-refractivity contribution is 5.77. The van der Waals surface area contributed by atoms with E-state index >= 15 is 0 Å². The summed E-state index contributed by atoms with van der Waals surface area (Å²) in [6, 6.07) is 0. The van der Waals surface area contributed by atoms with Crippen molar-refractivity contribution >= 4 is 11.9 Å². The lowest BCUT2D eigenvalue weighted by atomic mass is 9.53. The van der Waals surface area contributed by atoms with E-state index in [0.29, 0.717) is 6.42 Å². The lowest BCUT2D eigenvalue weighted by Crippen LogP contribution is -2.53. The van der Waals surface area contributed by atoms with Crippen LogP contribution in [0.1, 0.15) is 86.5 Å². The Balaban J connectivity index is 1.58. The molecular formula is C27H42O6. The summed E-state index contributed by atoms with van der Waals surface area (Å²) < 4.78 is 22.8. The summed E-state index contributed by atoms with van der Waals surface area (Å²) in [5.74, 6) is 0.867. The Labute approximate surface area is 198 Å². The number of allylic oxidation sites excluding steroid dienone is 2. The molecule has 1 saturated heterocycles. The van der Waals surface area contributed by atoms with Crippen molar-refractivity contribution in [3.63, 3.8) is 0 Å². The summed E-state index contributed by atoms with van der Waals surface area (Å²) in [4.78, 5) is 26.2. The third-order valence-corrected chi connectivity index (χ3v) is 9.17. The van der Waals surface area contributed by atoms with Gasteiger partial charge in [0.2, 0.25) is 0 Å². The van der Waals surface area contributed by atoms with Gasteiger partial charge in [0, 0.05) is 13.0 Å². The van der Waals surface area contributed by atoms with Gasteiger partial charge in [-0.3, -0.25) is 9.59 Å². The van der Waals surface area contributed by atoms with Gasteiger partial charge in [0.05, 0.1) is 17.9 Å². The van der Waals surface area contributed by atoms with Crippen molar-refractivity contribution < 1.29 is 28.5 Å². The molecule has 0 aromatic rings. The first kappa shape index (κ1) is 24.7. The van der Waals surface area contributed by atoms with Crippen LogP contribution in [0.4, 0.5) is 0 Å². The Bertz CT molecular complexity index is 825. The van der Waals surface area contributed by atoms with Crippen LogP contribution < -0.4 is 0 Å². The van der Waals surface area contributed by atoms with Crippen molar-refractivity contribution in [2.45, 2.75) is 98.2 Å². The minimum atomic E-state index is -0.488. The molecule has 2 saturated carbocycles. The normalized spacial score (nSPS) is 39.3. The highest BCUT2D eigenvalue weighted by Crippen LogP contribution is 2.64. The van der Waals surface area contributed by atoms with E-state index in [1.165, 1.54) is 5.57 Å². The number of carbonyl (C=O) groups excluding carboxylic acids is 2. The molecule has 6 heteroatoms. The van der Waals surface area contributed by atoms with Gasteiger partial charge >= 0.3 is 11.9 Å². The molecule has 4 rings (SSSR count). The van der Waals surface area contributed by atoms with Crippen LogP contribution in [-0.2, 0) is 28.5 Å². The summed E-state index contributed by atoms with van der Waals surface area (Å²) in [6.07, 6.45) is 6.50. The topological polar surface area (TPSA) is 71.1 Å². The van der Waals surface area contributed by atoms with E-state index in [2.05, 4.69) is 13.8 Å².